The van der Waals surface area contributed by atoms with Gasteiger partial charge in [-0.3, -0.25) is 19.2 Å². The number of hydrogen-bond donors (Lipinski definition) is 1. The monoisotopic (exact) mass is 386 g/mol. The highest BCUT2D eigenvalue weighted by atomic mass is 16.8. The molecule has 0 amide bonds. The minimum absolute atomic E-state index is 0.397. The van der Waals surface area contributed by atoms with Gasteiger partial charge in [0.15, 0.2) is 12.2 Å². The van der Waals surface area contributed by atoms with E-state index in [0.717, 1.165) is 27.7 Å². The van der Waals surface area contributed by atoms with Gasteiger partial charge in [-0.25, -0.2) is 0 Å². The molecule has 1 heterocycles. The summed E-state index contributed by atoms with van der Waals surface area (Å²) in [5, 5.41) is 9.67. The number of aliphatic hydroxyl groups excluding tert-OH is 1. The topological polar surface area (TPSA) is 135 Å². The summed E-state index contributed by atoms with van der Waals surface area (Å²) in [6.07, 6.45) is -0.677. The van der Waals surface area contributed by atoms with Crippen LogP contribution in [0.2, 0.25) is 0 Å². The van der Waals surface area contributed by atoms with Crippen LogP contribution >= 0.6 is 0 Å². The molecule has 1 aliphatic rings. The Hall–Kier alpha value is -2.64. The van der Waals surface area contributed by atoms with Crippen molar-refractivity contribution in [3.63, 3.8) is 0 Å². The molecule has 0 radical (unpaired) electrons. The minimum atomic E-state index is -2.06. The Morgan fingerprint density at radius 2 is 1.48 bits per heavy atom. The smallest absolute Gasteiger partial charge is 0.305 e. The summed E-state index contributed by atoms with van der Waals surface area (Å²) < 4.78 is 26.3. The molecule has 27 heavy (non-hydrogen) atoms. The first-order chi connectivity index (χ1) is 12.6. The van der Waals surface area contributed by atoms with Crippen molar-refractivity contribution in [2.45, 2.75) is 64.3 Å². The van der Waals surface area contributed by atoms with E-state index in [-0.39, 0.29) is 0 Å². The molecule has 5 atom stereocenters. The van der Waals surface area contributed by atoms with Crippen LogP contribution in [0.1, 0.15) is 34.1 Å². The van der Waals surface area contributed by atoms with Crippen molar-refractivity contribution in [2.75, 3.05) is 6.61 Å². The van der Waals surface area contributed by atoms with Crippen LogP contribution in [0.3, 0.4) is 0 Å². The summed E-state index contributed by atoms with van der Waals surface area (Å²) in [5.41, 5.74) is 0. The van der Waals surface area contributed by atoms with Crippen LogP contribution in [-0.4, -0.2) is 65.8 Å². The second-order valence-electron chi connectivity index (χ2n) is 5.80. The molecule has 1 N–H and O–H groups in total. The Balaban J connectivity index is 3.55. The minimum Gasteiger partial charge on any atom is -0.456 e. The maximum absolute atomic E-state index is 11.6. The molecular weight excluding hydrogens is 364 g/mol. The number of aliphatic hydroxyl groups is 1. The van der Waals surface area contributed by atoms with Gasteiger partial charge in [-0.05, 0) is 0 Å². The standard InChI is InChI=1S/C17H22O10/c1-6-7-17(26-12(5)22)16(25-11(4)21)15(24-10(3)20)14(23-9(2)19)13(8-18)27-17/h1,13-16,18H,7-8H2,2-5H3/t13-,14-,15+,16-,17-/m1/s1. The van der Waals surface area contributed by atoms with E-state index in [1.807, 2.05) is 0 Å². The van der Waals surface area contributed by atoms with Crippen LogP contribution in [0.15, 0.2) is 0 Å². The van der Waals surface area contributed by atoms with Crippen LogP contribution < -0.4 is 0 Å². The third kappa shape index (κ3) is 5.67. The molecule has 0 aromatic rings. The lowest BCUT2D eigenvalue weighted by atomic mass is 9.89. The lowest BCUT2D eigenvalue weighted by Gasteiger charge is -2.49. The number of carbonyl (C=O) groups excluding carboxylic acids is 4. The van der Waals surface area contributed by atoms with E-state index in [1.54, 1.807) is 0 Å². The molecule has 0 saturated carbocycles. The van der Waals surface area contributed by atoms with Crippen molar-refractivity contribution in [3.05, 3.63) is 0 Å². The number of hydrogen-bond acceptors (Lipinski definition) is 10. The average Bonchev–Trinajstić information content (AvgIpc) is 2.51. The molecule has 150 valence electrons. The molecule has 0 bridgehead atoms. The predicted molar refractivity (Wildman–Crippen MR) is 86.6 cm³/mol. The van der Waals surface area contributed by atoms with E-state index in [9.17, 15) is 24.3 Å². The molecule has 1 aliphatic heterocycles. The fraction of sp³-hybridized carbons (Fsp3) is 0.647. The Bertz CT molecular complexity index is 636. The maximum atomic E-state index is 11.6. The molecule has 0 aromatic carbocycles. The summed E-state index contributed by atoms with van der Waals surface area (Å²) in [5.74, 6) is -3.04. The highest BCUT2D eigenvalue weighted by molar-refractivity contribution is 5.69. The van der Waals surface area contributed by atoms with Gasteiger partial charge in [0, 0.05) is 27.7 Å². The zero-order valence-corrected chi connectivity index (χ0v) is 15.4. The Labute approximate surface area is 156 Å². The number of terminal acetylenes is 1. The fourth-order valence-corrected chi connectivity index (χ4v) is 2.80. The molecule has 0 aliphatic carbocycles. The highest BCUT2D eigenvalue weighted by Crippen LogP contribution is 2.38. The van der Waals surface area contributed by atoms with Gasteiger partial charge in [-0.1, -0.05) is 5.92 Å². The molecular formula is C17H22O10. The summed E-state index contributed by atoms with van der Waals surface area (Å²) in [6, 6.07) is 0. The first-order valence-corrected chi connectivity index (χ1v) is 7.99. The van der Waals surface area contributed by atoms with E-state index in [2.05, 4.69) is 5.92 Å². The van der Waals surface area contributed by atoms with Crippen molar-refractivity contribution >= 4 is 23.9 Å². The summed E-state index contributed by atoms with van der Waals surface area (Å²) in [7, 11) is 0. The van der Waals surface area contributed by atoms with E-state index in [0.29, 0.717) is 0 Å². The second-order valence-corrected chi connectivity index (χ2v) is 5.80. The Kier molecular flexibility index (Phi) is 7.75. The molecule has 0 spiro atoms. The first-order valence-electron chi connectivity index (χ1n) is 7.99. The molecule has 10 nitrogen and oxygen atoms in total. The maximum Gasteiger partial charge on any atom is 0.305 e. The summed E-state index contributed by atoms with van der Waals surface area (Å²) in [4.78, 5) is 46.4. The van der Waals surface area contributed by atoms with Crippen molar-refractivity contribution < 1.29 is 48.0 Å². The normalized spacial score (nSPS) is 29.8. The Morgan fingerprint density at radius 3 is 1.89 bits per heavy atom. The molecule has 1 fully saturated rings. The molecule has 0 unspecified atom stereocenters. The highest BCUT2D eigenvalue weighted by Gasteiger charge is 2.61. The van der Waals surface area contributed by atoms with Gasteiger partial charge < -0.3 is 28.8 Å². The molecule has 1 rings (SSSR count). The summed E-state index contributed by atoms with van der Waals surface area (Å²) >= 11 is 0. The largest absolute Gasteiger partial charge is 0.456 e. The van der Waals surface area contributed by atoms with Gasteiger partial charge >= 0.3 is 23.9 Å². The summed E-state index contributed by atoms with van der Waals surface area (Å²) in [6.45, 7) is 3.61. The van der Waals surface area contributed by atoms with Crippen LogP contribution in [-0.2, 0) is 42.9 Å². The third-order valence-corrected chi connectivity index (χ3v) is 3.51. The lowest BCUT2D eigenvalue weighted by Crippen LogP contribution is -2.69. The molecule has 1 saturated heterocycles. The number of ether oxygens (including phenoxy) is 5. The van der Waals surface area contributed by atoms with E-state index in [1.165, 1.54) is 0 Å². The zero-order valence-electron chi connectivity index (χ0n) is 15.4. The Morgan fingerprint density at radius 1 is 0.963 bits per heavy atom. The molecule has 10 heteroatoms. The molecule has 0 aromatic heterocycles. The third-order valence-electron chi connectivity index (χ3n) is 3.51. The fourth-order valence-electron chi connectivity index (χ4n) is 2.80. The number of esters is 4. The van der Waals surface area contributed by atoms with Crippen LogP contribution in [0, 0.1) is 12.3 Å². The quantitative estimate of drug-likeness (QED) is 0.360. The van der Waals surface area contributed by atoms with Gasteiger partial charge in [0.05, 0.1) is 13.0 Å². The second kappa shape index (κ2) is 9.34. The van der Waals surface area contributed by atoms with E-state index in [4.69, 9.17) is 30.1 Å². The van der Waals surface area contributed by atoms with Crippen molar-refractivity contribution in [2.24, 2.45) is 0 Å². The van der Waals surface area contributed by atoms with E-state index < -0.39 is 67.1 Å². The van der Waals surface area contributed by atoms with Crippen LogP contribution in [0.5, 0.6) is 0 Å². The number of carbonyl (C=O) groups is 4. The van der Waals surface area contributed by atoms with Gasteiger partial charge in [0.2, 0.25) is 6.10 Å². The zero-order chi connectivity index (χ0) is 20.8. The SMILES string of the molecule is C#CC[C@@]1(OC(C)=O)O[C@H](CO)[C@@H](OC(C)=O)[C@H](OC(C)=O)[C@H]1OC(C)=O. The van der Waals surface area contributed by atoms with Crippen molar-refractivity contribution in [1.29, 1.82) is 0 Å². The average molecular weight is 386 g/mol. The van der Waals surface area contributed by atoms with Gasteiger partial charge in [-0.15, -0.1) is 6.42 Å². The first kappa shape index (κ1) is 22.4. The van der Waals surface area contributed by atoms with Crippen LogP contribution in [0.25, 0.3) is 0 Å². The van der Waals surface area contributed by atoms with Crippen LogP contribution in [0.4, 0.5) is 0 Å². The van der Waals surface area contributed by atoms with Crippen molar-refractivity contribution in [3.8, 4) is 12.3 Å². The van der Waals surface area contributed by atoms with Gasteiger partial charge in [0.25, 0.3) is 5.79 Å². The predicted octanol–water partition coefficient (Wildman–Crippen LogP) is -0.545. The van der Waals surface area contributed by atoms with Gasteiger partial charge in [-0.2, -0.15) is 0 Å². The van der Waals surface area contributed by atoms with Gasteiger partial charge in [0.1, 0.15) is 6.10 Å². The van der Waals surface area contributed by atoms with E-state index >= 15 is 0 Å². The number of rotatable bonds is 6. The van der Waals surface area contributed by atoms with Crippen molar-refractivity contribution in [1.82, 2.24) is 0 Å². The lowest BCUT2D eigenvalue weighted by molar-refractivity contribution is -0.351.